The summed E-state index contributed by atoms with van der Waals surface area (Å²) < 4.78 is 6.76. The zero-order valence-electron chi connectivity index (χ0n) is 19.2. The van der Waals surface area contributed by atoms with Crippen molar-refractivity contribution in [1.82, 2.24) is 24.8 Å². The topological polar surface area (TPSA) is 119 Å². The van der Waals surface area contributed by atoms with E-state index in [0.29, 0.717) is 34.8 Å². The van der Waals surface area contributed by atoms with Gasteiger partial charge >= 0.3 is 5.69 Å². The van der Waals surface area contributed by atoms with Gasteiger partial charge in [0.05, 0.1) is 12.4 Å². The van der Waals surface area contributed by atoms with E-state index in [-0.39, 0.29) is 17.9 Å². The molecule has 0 spiro atoms. The number of nitrogens with zero attached hydrogens (tertiary/aromatic N) is 3. The summed E-state index contributed by atoms with van der Waals surface area (Å²) in [6.07, 6.45) is 4.46. The summed E-state index contributed by atoms with van der Waals surface area (Å²) in [4.78, 5) is 49.8. The van der Waals surface area contributed by atoms with Crippen LogP contribution in [0, 0.1) is 0 Å². The van der Waals surface area contributed by atoms with Gasteiger partial charge < -0.3 is 10.1 Å². The Morgan fingerprint density at radius 3 is 2.59 bits per heavy atom. The minimum atomic E-state index is -0.506. The molecule has 2 aliphatic carbocycles. The molecular weight excluding hydrogens is 454 g/mol. The fourth-order valence-corrected chi connectivity index (χ4v) is 4.88. The molecule has 2 saturated carbocycles. The molecule has 0 aliphatic heterocycles. The van der Waals surface area contributed by atoms with Gasteiger partial charge in [-0.15, -0.1) is 0 Å². The van der Waals surface area contributed by atoms with Crippen LogP contribution in [0.3, 0.4) is 0 Å². The van der Waals surface area contributed by atoms with Crippen molar-refractivity contribution in [1.29, 1.82) is 0 Å². The Labute approximate surface area is 200 Å². The molecule has 0 radical (unpaired) electrons. The fourth-order valence-electron chi connectivity index (χ4n) is 3.90. The number of benzene rings is 1. The van der Waals surface area contributed by atoms with Crippen molar-refractivity contribution in [3.05, 3.63) is 56.5 Å². The molecule has 3 aromatic rings. The lowest BCUT2D eigenvalue weighted by molar-refractivity contribution is -0.120. The van der Waals surface area contributed by atoms with E-state index in [0.717, 1.165) is 37.0 Å². The number of nitrogens with one attached hydrogen (secondary N) is 2. The third kappa shape index (κ3) is 4.72. The number of rotatable bonds is 9. The van der Waals surface area contributed by atoms with Crippen LogP contribution in [0.2, 0.25) is 0 Å². The van der Waals surface area contributed by atoms with Gasteiger partial charge in [0.1, 0.15) is 22.0 Å². The summed E-state index contributed by atoms with van der Waals surface area (Å²) in [6, 6.07) is 7.80. The lowest BCUT2D eigenvalue weighted by Gasteiger charge is -2.15. The maximum Gasteiger partial charge on any atom is 0.330 e. The highest BCUT2D eigenvalue weighted by Gasteiger charge is 2.32. The number of hydrogen-bond donors (Lipinski definition) is 2. The van der Waals surface area contributed by atoms with Crippen LogP contribution in [0.4, 0.5) is 0 Å². The van der Waals surface area contributed by atoms with Crippen molar-refractivity contribution in [2.24, 2.45) is 0 Å². The predicted octanol–water partition coefficient (Wildman–Crippen LogP) is 2.54. The molecule has 0 bridgehead atoms. The first-order valence-corrected chi connectivity index (χ1v) is 12.5. The summed E-state index contributed by atoms with van der Waals surface area (Å²) in [5.74, 6) is 1.56. The molecule has 178 valence electrons. The van der Waals surface area contributed by atoms with E-state index in [2.05, 4.69) is 20.3 Å². The van der Waals surface area contributed by atoms with Crippen LogP contribution in [0.15, 0.2) is 38.9 Å². The minimum absolute atomic E-state index is 0.0605. The maximum absolute atomic E-state index is 12.8. The van der Waals surface area contributed by atoms with Gasteiger partial charge in [-0.25, -0.2) is 14.8 Å². The third-order valence-corrected chi connectivity index (χ3v) is 7.24. The van der Waals surface area contributed by atoms with Crippen LogP contribution < -0.4 is 21.3 Å². The Hall–Kier alpha value is -3.14. The van der Waals surface area contributed by atoms with E-state index in [1.807, 2.05) is 24.3 Å². The first-order chi connectivity index (χ1) is 16.4. The number of ether oxygens (including phenoxy) is 1. The molecule has 34 heavy (non-hydrogen) atoms. The number of H-pyrrole nitrogens is 1. The SMILES string of the molecule is COc1ccc(CCNC(=O)C(C)Sc2nc(C3CC3)nc3c2c(=O)[nH]c(=O)n3C2CC2)cc1. The summed E-state index contributed by atoms with van der Waals surface area (Å²) >= 11 is 1.24. The average Bonchev–Trinajstić information content (AvgIpc) is 3.73. The second-order valence-electron chi connectivity index (χ2n) is 8.87. The van der Waals surface area contributed by atoms with E-state index in [4.69, 9.17) is 4.74 Å². The number of methoxy groups -OCH3 is 1. The number of thioether (sulfide) groups is 1. The van der Waals surface area contributed by atoms with Gasteiger partial charge in [-0.05, 0) is 56.7 Å². The third-order valence-electron chi connectivity index (χ3n) is 6.15. The van der Waals surface area contributed by atoms with Gasteiger partial charge in [-0.2, -0.15) is 0 Å². The second-order valence-corrected chi connectivity index (χ2v) is 10.2. The molecule has 1 amide bonds. The molecule has 2 heterocycles. The smallest absolute Gasteiger partial charge is 0.330 e. The van der Waals surface area contributed by atoms with Crippen molar-refractivity contribution in [2.75, 3.05) is 13.7 Å². The average molecular weight is 482 g/mol. The van der Waals surface area contributed by atoms with Crippen molar-refractivity contribution in [3.8, 4) is 5.75 Å². The molecule has 2 aromatic heterocycles. The van der Waals surface area contributed by atoms with Crippen molar-refractivity contribution >= 4 is 28.7 Å². The molecular formula is C24H27N5O4S. The second kappa shape index (κ2) is 9.25. The summed E-state index contributed by atoms with van der Waals surface area (Å²) in [5, 5.41) is 3.24. The first kappa shape index (κ1) is 22.6. The van der Waals surface area contributed by atoms with Crippen LogP contribution >= 0.6 is 11.8 Å². The number of aromatic nitrogens is 4. The molecule has 1 unspecified atom stereocenters. The number of carbonyl (C=O) groups is 1. The molecule has 5 rings (SSSR count). The van der Waals surface area contributed by atoms with Crippen LogP contribution in [0.1, 0.15) is 56.0 Å². The highest BCUT2D eigenvalue weighted by atomic mass is 32.2. The highest BCUT2D eigenvalue weighted by Crippen LogP contribution is 2.41. The predicted molar refractivity (Wildman–Crippen MR) is 130 cm³/mol. The zero-order chi connectivity index (χ0) is 23.8. The van der Waals surface area contributed by atoms with Crippen LogP contribution in [0.25, 0.3) is 11.0 Å². The number of hydrogen-bond acceptors (Lipinski definition) is 7. The Balaban J connectivity index is 1.35. The molecule has 2 fully saturated rings. The zero-order valence-corrected chi connectivity index (χ0v) is 20.0. The van der Waals surface area contributed by atoms with E-state index >= 15 is 0 Å². The van der Waals surface area contributed by atoms with Crippen molar-refractivity contribution in [2.45, 2.75) is 61.3 Å². The van der Waals surface area contributed by atoms with Crippen molar-refractivity contribution in [3.63, 3.8) is 0 Å². The van der Waals surface area contributed by atoms with E-state index in [1.165, 1.54) is 11.8 Å². The Kier molecular flexibility index (Phi) is 6.16. The fraction of sp³-hybridized carbons (Fsp3) is 0.458. The molecule has 2 N–H and O–H groups in total. The van der Waals surface area contributed by atoms with Gasteiger partial charge in [-0.3, -0.25) is 19.1 Å². The van der Waals surface area contributed by atoms with E-state index in [1.54, 1.807) is 18.6 Å². The maximum atomic E-state index is 12.8. The molecule has 1 atom stereocenters. The number of amides is 1. The van der Waals surface area contributed by atoms with Crippen LogP contribution in [-0.2, 0) is 11.2 Å². The van der Waals surface area contributed by atoms with Gasteiger partial charge in [0.25, 0.3) is 5.56 Å². The largest absolute Gasteiger partial charge is 0.497 e. The van der Waals surface area contributed by atoms with Crippen LogP contribution in [-0.4, -0.2) is 44.3 Å². The van der Waals surface area contributed by atoms with Crippen LogP contribution in [0.5, 0.6) is 5.75 Å². The molecule has 10 heteroatoms. The Bertz CT molecular complexity index is 1340. The molecule has 0 saturated heterocycles. The molecule has 1 aromatic carbocycles. The standard InChI is InChI=1S/C24H27N5O4S/c1-13(21(30)25-12-11-14-3-9-17(33-2)10-4-14)34-23-18-20(26-19(27-23)15-5-6-15)29(16-7-8-16)24(32)28-22(18)31/h3-4,9-10,13,15-16H,5-8,11-12H2,1-2H3,(H,25,30)(H,28,31,32). The molecule has 2 aliphatic rings. The normalized spacial score (nSPS) is 16.4. The molecule has 9 nitrogen and oxygen atoms in total. The monoisotopic (exact) mass is 481 g/mol. The van der Waals surface area contributed by atoms with Gasteiger partial charge in [0.15, 0.2) is 5.65 Å². The van der Waals surface area contributed by atoms with Crippen molar-refractivity contribution < 1.29 is 9.53 Å². The van der Waals surface area contributed by atoms with Gasteiger partial charge in [-0.1, -0.05) is 23.9 Å². The van der Waals surface area contributed by atoms with E-state index < -0.39 is 16.5 Å². The Morgan fingerprint density at radius 2 is 1.94 bits per heavy atom. The number of aromatic amines is 1. The first-order valence-electron chi connectivity index (χ1n) is 11.6. The lowest BCUT2D eigenvalue weighted by atomic mass is 10.1. The minimum Gasteiger partial charge on any atom is -0.497 e. The van der Waals surface area contributed by atoms with E-state index in [9.17, 15) is 14.4 Å². The highest BCUT2D eigenvalue weighted by molar-refractivity contribution is 8.00. The van der Waals surface area contributed by atoms with Gasteiger partial charge in [0, 0.05) is 18.5 Å². The van der Waals surface area contributed by atoms with Gasteiger partial charge in [0.2, 0.25) is 5.91 Å². The number of fused-ring (bicyclic) bond motifs is 1. The lowest BCUT2D eigenvalue weighted by Crippen LogP contribution is -2.33. The summed E-state index contributed by atoms with van der Waals surface area (Å²) in [6.45, 7) is 2.29. The summed E-state index contributed by atoms with van der Waals surface area (Å²) in [5.41, 5.74) is 0.555. The quantitative estimate of drug-likeness (QED) is 0.356. The number of carbonyl (C=O) groups excluding carboxylic acids is 1. The summed E-state index contributed by atoms with van der Waals surface area (Å²) in [7, 11) is 1.63. The Morgan fingerprint density at radius 1 is 1.21 bits per heavy atom.